The minimum Gasteiger partial charge on any atom is -0.447 e. The molecule has 5 aromatic rings. The Morgan fingerprint density at radius 3 is 2.42 bits per heavy atom. The van der Waals surface area contributed by atoms with Crippen LogP contribution < -0.4 is 14.2 Å². The van der Waals surface area contributed by atoms with Gasteiger partial charge < -0.3 is 9.64 Å². The molecule has 1 aliphatic rings. The average molecular weight is 404 g/mol. The highest BCUT2D eigenvalue weighted by atomic mass is 16.5. The summed E-state index contributed by atoms with van der Waals surface area (Å²) in [6.45, 7) is 2.19. The highest BCUT2D eigenvalue weighted by Gasteiger charge is 2.35. The molecule has 0 radical (unpaired) electrons. The van der Waals surface area contributed by atoms with Gasteiger partial charge in [-0.3, -0.25) is 0 Å². The van der Waals surface area contributed by atoms with E-state index >= 15 is 0 Å². The van der Waals surface area contributed by atoms with Crippen LogP contribution in [0.25, 0.3) is 32.9 Å². The van der Waals surface area contributed by atoms with Crippen LogP contribution in [0, 0.1) is 6.92 Å². The number of aromatic nitrogens is 1. The molecular formula is C28H23N2O+. The minimum atomic E-state index is 0.904. The Kier molecular flexibility index (Phi) is 3.81. The molecule has 0 unspecified atom stereocenters. The number of hydrogen-bond acceptors (Lipinski definition) is 2. The minimum absolute atomic E-state index is 0.904. The third kappa shape index (κ3) is 2.50. The summed E-state index contributed by atoms with van der Waals surface area (Å²) < 4.78 is 8.99. The second kappa shape index (κ2) is 6.58. The van der Waals surface area contributed by atoms with Gasteiger partial charge in [-0.05, 0) is 42.1 Å². The van der Waals surface area contributed by atoms with E-state index in [1.807, 2.05) is 6.07 Å². The maximum Gasteiger partial charge on any atom is 0.259 e. The summed E-state index contributed by atoms with van der Waals surface area (Å²) >= 11 is 0. The molecule has 0 fully saturated rings. The average Bonchev–Trinajstić information content (AvgIpc) is 2.81. The molecule has 0 atom stereocenters. The van der Waals surface area contributed by atoms with Crippen LogP contribution in [0.4, 0.5) is 11.4 Å². The van der Waals surface area contributed by atoms with Gasteiger partial charge >= 0.3 is 0 Å². The summed E-state index contributed by atoms with van der Waals surface area (Å²) in [6, 6.07) is 29.8. The van der Waals surface area contributed by atoms with E-state index in [9.17, 15) is 0 Å². The Morgan fingerprint density at radius 2 is 1.58 bits per heavy atom. The van der Waals surface area contributed by atoms with Crippen LogP contribution >= 0.6 is 0 Å². The van der Waals surface area contributed by atoms with Crippen molar-refractivity contribution < 1.29 is 9.30 Å². The number of hydrogen-bond donors (Lipinski definition) is 0. The van der Waals surface area contributed by atoms with E-state index in [2.05, 4.69) is 109 Å². The second-order valence-electron chi connectivity index (χ2n) is 8.21. The molecule has 0 spiro atoms. The lowest BCUT2D eigenvalue weighted by molar-refractivity contribution is -0.633. The van der Waals surface area contributed by atoms with E-state index in [1.54, 1.807) is 0 Å². The molecule has 0 amide bonds. The molecule has 31 heavy (non-hydrogen) atoms. The van der Waals surface area contributed by atoms with Crippen molar-refractivity contribution in [3.8, 4) is 22.8 Å². The number of pyridine rings is 1. The molecule has 4 aromatic carbocycles. The Balaban J connectivity index is 1.79. The Hall–Kier alpha value is -3.85. The van der Waals surface area contributed by atoms with Crippen LogP contribution in [0.15, 0.2) is 84.9 Å². The molecule has 0 saturated carbocycles. The maximum atomic E-state index is 6.70. The van der Waals surface area contributed by atoms with Crippen LogP contribution in [0.2, 0.25) is 0 Å². The lowest BCUT2D eigenvalue weighted by Gasteiger charge is -2.28. The van der Waals surface area contributed by atoms with Crippen molar-refractivity contribution in [1.29, 1.82) is 0 Å². The molecule has 150 valence electrons. The lowest BCUT2D eigenvalue weighted by Crippen LogP contribution is -2.34. The first-order valence-corrected chi connectivity index (χ1v) is 10.6. The van der Waals surface area contributed by atoms with Gasteiger partial charge in [0.25, 0.3) is 5.69 Å². The molecule has 0 saturated heterocycles. The first kappa shape index (κ1) is 18.0. The van der Waals surface area contributed by atoms with Crippen LogP contribution in [0.3, 0.4) is 0 Å². The highest BCUT2D eigenvalue weighted by Crippen LogP contribution is 2.52. The molecule has 3 heteroatoms. The van der Waals surface area contributed by atoms with Gasteiger partial charge in [-0.15, -0.1) is 0 Å². The van der Waals surface area contributed by atoms with Crippen LogP contribution in [0.1, 0.15) is 5.56 Å². The Morgan fingerprint density at radius 1 is 0.806 bits per heavy atom. The van der Waals surface area contributed by atoms with Gasteiger partial charge in [0.15, 0.2) is 0 Å². The van der Waals surface area contributed by atoms with Crippen molar-refractivity contribution in [2.75, 3.05) is 11.9 Å². The van der Waals surface area contributed by atoms with Gasteiger partial charge in [0.2, 0.25) is 11.3 Å². The standard InChI is InChI=1S/C28H23N2O/c1-18-16-17-19-10-9-15-23-25(19)24(18)27-28(31-23)26(29(2)20-11-5-4-6-12-20)21-13-7-8-14-22(21)30(27)3/h4-17H,1-3H3/q+1. The zero-order valence-corrected chi connectivity index (χ0v) is 17.9. The van der Waals surface area contributed by atoms with Gasteiger partial charge in [0.05, 0.1) is 10.9 Å². The summed E-state index contributed by atoms with van der Waals surface area (Å²) in [5.41, 5.74) is 7.02. The van der Waals surface area contributed by atoms with Gasteiger partial charge in [0, 0.05) is 24.2 Å². The number of ether oxygens (including phenoxy) is 1. The molecule has 3 nitrogen and oxygen atoms in total. The molecule has 1 aliphatic heterocycles. The fourth-order valence-corrected chi connectivity index (χ4v) is 4.92. The number of rotatable bonds is 2. The first-order valence-electron chi connectivity index (χ1n) is 10.6. The summed E-state index contributed by atoms with van der Waals surface area (Å²) in [7, 11) is 4.26. The molecular weight excluding hydrogens is 380 g/mol. The Labute approximate surface area is 181 Å². The molecule has 2 heterocycles. The van der Waals surface area contributed by atoms with E-state index in [1.165, 1.54) is 32.8 Å². The fraction of sp³-hybridized carbons (Fsp3) is 0.107. The van der Waals surface area contributed by atoms with Gasteiger partial charge in [-0.2, -0.15) is 4.57 Å². The van der Waals surface area contributed by atoms with Crippen molar-refractivity contribution >= 4 is 33.1 Å². The van der Waals surface area contributed by atoms with E-state index < -0.39 is 0 Å². The van der Waals surface area contributed by atoms with E-state index in [0.29, 0.717) is 0 Å². The van der Waals surface area contributed by atoms with Crippen molar-refractivity contribution in [2.24, 2.45) is 7.05 Å². The molecule has 1 aromatic heterocycles. The van der Waals surface area contributed by atoms with Crippen LogP contribution in [0.5, 0.6) is 11.5 Å². The summed E-state index contributed by atoms with van der Waals surface area (Å²) in [6.07, 6.45) is 0. The topological polar surface area (TPSA) is 16.4 Å². The Bertz CT molecular complexity index is 1490. The van der Waals surface area contributed by atoms with E-state index in [4.69, 9.17) is 4.74 Å². The number of aryl methyl sites for hydroxylation is 2. The number of benzene rings is 4. The van der Waals surface area contributed by atoms with Gasteiger partial charge in [0.1, 0.15) is 18.5 Å². The smallest absolute Gasteiger partial charge is 0.259 e. The predicted molar refractivity (Wildman–Crippen MR) is 127 cm³/mol. The maximum absolute atomic E-state index is 6.70. The zero-order chi connectivity index (χ0) is 21.1. The molecule has 0 N–H and O–H groups in total. The van der Waals surface area contributed by atoms with E-state index in [-0.39, 0.29) is 0 Å². The molecule has 6 rings (SSSR count). The van der Waals surface area contributed by atoms with Crippen LogP contribution in [-0.2, 0) is 7.05 Å². The normalized spacial score (nSPS) is 12.0. The summed E-state index contributed by atoms with van der Waals surface area (Å²) in [5.74, 6) is 1.82. The highest BCUT2D eigenvalue weighted by molar-refractivity contribution is 6.08. The molecule has 0 bridgehead atoms. The molecule has 0 aliphatic carbocycles. The number of para-hydroxylation sites is 2. The quantitative estimate of drug-likeness (QED) is 0.300. The van der Waals surface area contributed by atoms with Crippen LogP contribution in [-0.4, -0.2) is 7.05 Å². The number of anilines is 2. The largest absolute Gasteiger partial charge is 0.447 e. The van der Waals surface area contributed by atoms with Crippen molar-refractivity contribution in [3.63, 3.8) is 0 Å². The number of nitrogens with zero attached hydrogens (tertiary/aromatic N) is 2. The third-order valence-electron chi connectivity index (χ3n) is 6.43. The first-order chi connectivity index (χ1) is 15.1. The van der Waals surface area contributed by atoms with Crippen molar-refractivity contribution in [1.82, 2.24) is 0 Å². The lowest BCUT2D eigenvalue weighted by atomic mass is 9.92. The summed E-state index contributed by atoms with van der Waals surface area (Å²) in [4.78, 5) is 2.24. The summed E-state index contributed by atoms with van der Waals surface area (Å²) in [5, 5.41) is 3.56. The van der Waals surface area contributed by atoms with Crippen molar-refractivity contribution in [2.45, 2.75) is 6.92 Å². The third-order valence-corrected chi connectivity index (χ3v) is 6.43. The second-order valence-corrected chi connectivity index (χ2v) is 8.21. The SMILES string of the molecule is Cc1ccc2cccc3c2c1-c1c(c(N(C)c2ccccc2)c2ccccc2[n+]1C)O3. The van der Waals surface area contributed by atoms with Gasteiger partial charge in [-0.25, -0.2) is 0 Å². The zero-order valence-electron chi connectivity index (χ0n) is 17.9. The monoisotopic (exact) mass is 403 g/mol. The van der Waals surface area contributed by atoms with Gasteiger partial charge in [-0.1, -0.05) is 54.6 Å². The number of fused-ring (bicyclic) bond motifs is 3. The van der Waals surface area contributed by atoms with E-state index in [0.717, 1.165) is 28.6 Å². The fourth-order valence-electron chi connectivity index (χ4n) is 4.92. The predicted octanol–water partition coefficient (Wildman–Crippen LogP) is 6.67. The van der Waals surface area contributed by atoms with Crippen molar-refractivity contribution in [3.05, 3.63) is 90.5 Å².